The third kappa shape index (κ3) is 6.31. The van der Waals surface area contributed by atoms with Gasteiger partial charge in [0.1, 0.15) is 11.5 Å². The lowest BCUT2D eigenvalue weighted by molar-refractivity contribution is 0.0976. The molecular formula is C25H28N4O3. The number of benzene rings is 2. The average Bonchev–Trinajstić information content (AvgIpc) is 2.83. The molecular weight excluding hydrogens is 404 g/mol. The van der Waals surface area contributed by atoms with Gasteiger partial charge in [0.05, 0.1) is 20.8 Å². The Morgan fingerprint density at radius 2 is 1.72 bits per heavy atom. The number of nitrogens with zero attached hydrogens (tertiary/aromatic N) is 2. The fourth-order valence-corrected chi connectivity index (χ4v) is 2.98. The molecule has 0 bridgehead atoms. The van der Waals surface area contributed by atoms with Crippen LogP contribution in [0.2, 0.25) is 0 Å². The van der Waals surface area contributed by atoms with E-state index in [1.165, 1.54) is 5.56 Å². The number of amides is 1. The van der Waals surface area contributed by atoms with E-state index in [1.807, 2.05) is 24.3 Å². The van der Waals surface area contributed by atoms with Crippen LogP contribution in [0.5, 0.6) is 11.5 Å². The largest absolute Gasteiger partial charge is 0.497 e. The minimum Gasteiger partial charge on any atom is -0.497 e. The second-order valence-corrected chi connectivity index (χ2v) is 7.48. The molecule has 7 nitrogen and oxygen atoms in total. The van der Waals surface area contributed by atoms with Crippen LogP contribution in [0.25, 0.3) is 0 Å². The Balaban J connectivity index is 1.83. The highest BCUT2D eigenvalue weighted by atomic mass is 16.5. The van der Waals surface area contributed by atoms with Gasteiger partial charge in [-0.05, 0) is 47.4 Å². The zero-order valence-corrected chi connectivity index (χ0v) is 18.8. The lowest BCUT2D eigenvalue weighted by Gasteiger charge is -2.14. The molecule has 0 saturated carbocycles. The Hall–Kier alpha value is -3.87. The van der Waals surface area contributed by atoms with Crippen molar-refractivity contribution >= 4 is 17.6 Å². The van der Waals surface area contributed by atoms with Gasteiger partial charge in [0.25, 0.3) is 5.91 Å². The molecule has 7 heteroatoms. The molecule has 166 valence electrons. The van der Waals surface area contributed by atoms with E-state index < -0.39 is 0 Å². The molecule has 3 aromatic rings. The molecule has 0 saturated heterocycles. The number of guanidine groups is 1. The Morgan fingerprint density at radius 1 is 1.03 bits per heavy atom. The number of ether oxygens (including phenoxy) is 2. The van der Waals surface area contributed by atoms with Gasteiger partial charge < -0.3 is 14.8 Å². The first-order valence-electron chi connectivity index (χ1n) is 10.3. The number of carbonyl (C=O) groups excluding carboxylic acids is 1. The van der Waals surface area contributed by atoms with Crippen LogP contribution >= 0.6 is 0 Å². The molecule has 0 atom stereocenters. The maximum absolute atomic E-state index is 13.0. The normalized spacial score (nSPS) is 11.2. The van der Waals surface area contributed by atoms with Crippen LogP contribution < -0.4 is 20.1 Å². The van der Waals surface area contributed by atoms with E-state index in [0.29, 0.717) is 35.5 Å². The van der Waals surface area contributed by atoms with Crippen molar-refractivity contribution in [1.82, 2.24) is 10.3 Å². The number of hydrogen-bond acceptors (Lipinski definition) is 5. The highest BCUT2D eigenvalue weighted by molar-refractivity contribution is 6.10. The molecule has 3 rings (SSSR count). The van der Waals surface area contributed by atoms with Crippen molar-refractivity contribution in [2.45, 2.75) is 26.3 Å². The Bertz CT molecular complexity index is 1040. The first-order chi connectivity index (χ1) is 15.5. The number of nitrogens with one attached hydrogen (secondary N) is 2. The highest BCUT2D eigenvalue weighted by Gasteiger charge is 2.13. The predicted molar refractivity (Wildman–Crippen MR) is 127 cm³/mol. The van der Waals surface area contributed by atoms with Crippen LogP contribution in [0.15, 0.2) is 72.0 Å². The van der Waals surface area contributed by atoms with Crippen molar-refractivity contribution in [3.63, 3.8) is 0 Å². The van der Waals surface area contributed by atoms with Gasteiger partial charge in [0.15, 0.2) is 0 Å². The summed E-state index contributed by atoms with van der Waals surface area (Å²) in [6.07, 6.45) is 3.45. The van der Waals surface area contributed by atoms with Gasteiger partial charge in [-0.25, -0.2) is 4.99 Å². The summed E-state index contributed by atoms with van der Waals surface area (Å²) in [5.41, 5.74) is 3.38. The summed E-state index contributed by atoms with van der Waals surface area (Å²) in [4.78, 5) is 21.7. The highest BCUT2D eigenvalue weighted by Crippen LogP contribution is 2.22. The quantitative estimate of drug-likeness (QED) is 0.420. The number of aliphatic imine (C=N–C) groups is 1. The topological polar surface area (TPSA) is 84.8 Å². The number of anilines is 1. The summed E-state index contributed by atoms with van der Waals surface area (Å²) < 4.78 is 10.5. The predicted octanol–water partition coefficient (Wildman–Crippen LogP) is 4.62. The molecule has 0 aliphatic carbocycles. The fourth-order valence-electron chi connectivity index (χ4n) is 2.98. The maximum Gasteiger partial charge on any atom is 0.258 e. The van der Waals surface area contributed by atoms with Gasteiger partial charge in [-0.1, -0.05) is 32.0 Å². The van der Waals surface area contributed by atoms with Crippen molar-refractivity contribution in [3.8, 4) is 11.5 Å². The summed E-state index contributed by atoms with van der Waals surface area (Å²) in [6, 6.07) is 16.8. The molecule has 0 spiro atoms. The SMILES string of the molecule is COc1cc(OC)cc(C(=O)NC(=NCc2cccnc2)Nc2ccc(C(C)C)cc2)c1. The molecule has 1 heterocycles. The van der Waals surface area contributed by atoms with Gasteiger partial charge in [-0.15, -0.1) is 0 Å². The van der Waals surface area contributed by atoms with E-state index in [9.17, 15) is 4.79 Å². The molecule has 1 aromatic heterocycles. The van der Waals surface area contributed by atoms with Gasteiger partial charge in [-0.2, -0.15) is 0 Å². The number of pyridine rings is 1. The van der Waals surface area contributed by atoms with Crippen LogP contribution in [0.4, 0.5) is 5.69 Å². The van der Waals surface area contributed by atoms with E-state index in [4.69, 9.17) is 9.47 Å². The first-order valence-corrected chi connectivity index (χ1v) is 10.3. The van der Waals surface area contributed by atoms with Crippen molar-refractivity contribution in [3.05, 3.63) is 83.7 Å². The molecule has 0 aliphatic rings. The van der Waals surface area contributed by atoms with Gasteiger partial charge in [0, 0.05) is 29.7 Å². The number of methoxy groups -OCH3 is 2. The van der Waals surface area contributed by atoms with Crippen molar-refractivity contribution in [2.75, 3.05) is 19.5 Å². The van der Waals surface area contributed by atoms with E-state index >= 15 is 0 Å². The molecule has 0 aliphatic heterocycles. The molecule has 0 radical (unpaired) electrons. The minimum atomic E-state index is -0.335. The van der Waals surface area contributed by atoms with E-state index in [0.717, 1.165) is 11.3 Å². The summed E-state index contributed by atoms with van der Waals surface area (Å²) in [5.74, 6) is 1.49. The zero-order chi connectivity index (χ0) is 22.9. The minimum absolute atomic E-state index is 0.331. The molecule has 2 N–H and O–H groups in total. The molecule has 1 amide bonds. The monoisotopic (exact) mass is 432 g/mol. The summed E-state index contributed by atoms with van der Waals surface area (Å²) in [6.45, 7) is 4.65. The zero-order valence-electron chi connectivity index (χ0n) is 18.8. The smallest absolute Gasteiger partial charge is 0.258 e. The van der Waals surface area contributed by atoms with Crippen LogP contribution in [0.3, 0.4) is 0 Å². The lowest BCUT2D eigenvalue weighted by atomic mass is 10.0. The molecule has 32 heavy (non-hydrogen) atoms. The van der Waals surface area contributed by atoms with Crippen molar-refractivity contribution in [2.24, 2.45) is 4.99 Å². The van der Waals surface area contributed by atoms with Gasteiger partial charge in [0.2, 0.25) is 5.96 Å². The third-order valence-corrected chi connectivity index (χ3v) is 4.83. The van der Waals surface area contributed by atoms with Crippen molar-refractivity contribution < 1.29 is 14.3 Å². The lowest BCUT2D eigenvalue weighted by Crippen LogP contribution is -2.36. The third-order valence-electron chi connectivity index (χ3n) is 4.83. The maximum atomic E-state index is 13.0. The Morgan fingerprint density at radius 3 is 2.28 bits per heavy atom. The van der Waals surface area contributed by atoms with E-state index in [2.05, 4.69) is 46.6 Å². The van der Waals surface area contributed by atoms with Crippen molar-refractivity contribution in [1.29, 1.82) is 0 Å². The summed E-state index contributed by atoms with van der Waals surface area (Å²) >= 11 is 0. The van der Waals surface area contributed by atoms with Gasteiger partial charge >= 0.3 is 0 Å². The number of hydrogen-bond donors (Lipinski definition) is 2. The molecule has 2 aromatic carbocycles. The number of aromatic nitrogens is 1. The van der Waals surface area contributed by atoms with Crippen LogP contribution in [-0.4, -0.2) is 31.1 Å². The summed E-state index contributed by atoms with van der Waals surface area (Å²) in [7, 11) is 3.08. The fraction of sp³-hybridized carbons (Fsp3) is 0.240. The second-order valence-electron chi connectivity index (χ2n) is 7.48. The Labute approximate surface area is 188 Å². The van der Waals surface area contributed by atoms with Gasteiger partial charge in [-0.3, -0.25) is 15.1 Å². The first kappa shape index (κ1) is 22.8. The molecule has 0 fully saturated rings. The van der Waals surface area contributed by atoms with Crippen LogP contribution in [0, 0.1) is 0 Å². The van der Waals surface area contributed by atoms with Crippen LogP contribution in [0.1, 0.15) is 41.3 Å². The molecule has 0 unspecified atom stereocenters. The van der Waals surface area contributed by atoms with Crippen LogP contribution in [-0.2, 0) is 6.54 Å². The second kappa shape index (κ2) is 10.9. The standard InChI is InChI=1S/C25H28N4O3/c1-17(2)19-7-9-21(10-8-19)28-25(27-16-18-6-5-11-26-15-18)29-24(30)20-12-22(31-3)14-23(13-20)32-4/h5-15,17H,16H2,1-4H3,(H2,27,28,29,30). The number of carbonyl (C=O) groups is 1. The Kier molecular flexibility index (Phi) is 7.80. The van der Waals surface area contributed by atoms with E-state index in [1.54, 1.807) is 44.8 Å². The summed E-state index contributed by atoms with van der Waals surface area (Å²) in [5, 5.41) is 6.07. The van der Waals surface area contributed by atoms with E-state index in [-0.39, 0.29) is 5.91 Å². The number of rotatable bonds is 7. The average molecular weight is 433 g/mol.